The largest absolute Gasteiger partial charge is 0.320 e. The molecule has 0 aromatic rings. The Morgan fingerprint density at radius 3 is 2.40 bits per heavy atom. The Bertz CT molecular complexity index is 47.2. The van der Waals surface area contributed by atoms with Gasteiger partial charge in [0, 0.05) is 0 Å². The van der Waals surface area contributed by atoms with Crippen molar-refractivity contribution >= 4 is 0 Å². The van der Waals surface area contributed by atoms with Crippen LogP contribution in [0.4, 0.5) is 0 Å². The minimum Gasteiger partial charge on any atom is -0.320 e. The van der Waals surface area contributed by atoms with Gasteiger partial charge in [-0.3, -0.25) is 0 Å². The molecule has 0 atom stereocenters. The predicted octanol–water partition coefficient (Wildman–Crippen LogP) is 0.800. The molecule has 0 rings (SSSR count). The van der Waals surface area contributed by atoms with Crippen molar-refractivity contribution in [2.45, 2.75) is 19.3 Å². The highest BCUT2D eigenvalue weighted by atomic mass is 14.8. The van der Waals surface area contributed by atoms with Crippen molar-refractivity contribution in [1.29, 1.82) is 0 Å². The van der Waals surface area contributed by atoms with Gasteiger partial charge in [0.15, 0.2) is 0 Å². The quantitative estimate of drug-likeness (QED) is 0.515. The minimum atomic E-state index is 0.992. The second-order valence-corrected chi connectivity index (χ2v) is 2.41. The van der Waals surface area contributed by atoms with E-state index in [4.69, 9.17) is 0 Å². The Hall–Kier alpha value is -0.0800. The molecule has 0 amide bonds. The molecule has 2 N–H and O–H groups in total. The molecular formula is C8H19N2. The Labute approximate surface area is 64.4 Å². The normalized spacial score (nSPS) is 10.2. The van der Waals surface area contributed by atoms with Crippen LogP contribution in [0.5, 0.6) is 0 Å². The Morgan fingerprint density at radius 1 is 1.10 bits per heavy atom. The topological polar surface area (TPSA) is 24.1 Å². The molecule has 0 saturated carbocycles. The molecule has 2 nitrogen and oxygen atoms in total. The van der Waals surface area contributed by atoms with Gasteiger partial charge in [-0.25, -0.2) is 0 Å². The van der Waals surface area contributed by atoms with E-state index in [1.165, 1.54) is 12.8 Å². The van der Waals surface area contributed by atoms with Crippen LogP contribution >= 0.6 is 0 Å². The van der Waals surface area contributed by atoms with E-state index in [1.54, 1.807) is 0 Å². The number of unbranched alkanes of at least 4 members (excludes halogenated alkanes) is 1. The zero-order valence-electron chi connectivity index (χ0n) is 6.95. The molecule has 0 aliphatic rings. The Kier molecular flexibility index (Phi) is 8.85. The van der Waals surface area contributed by atoms with E-state index in [0.29, 0.717) is 0 Å². The van der Waals surface area contributed by atoms with E-state index < -0.39 is 0 Å². The molecule has 0 unspecified atom stereocenters. The van der Waals surface area contributed by atoms with E-state index in [0.717, 1.165) is 26.1 Å². The third-order valence-corrected chi connectivity index (χ3v) is 1.38. The van der Waals surface area contributed by atoms with Crippen LogP contribution in [0.1, 0.15) is 19.3 Å². The monoisotopic (exact) mass is 143 g/mol. The van der Waals surface area contributed by atoms with Crippen LogP contribution < -0.4 is 10.6 Å². The molecule has 61 valence electrons. The smallest absolute Gasteiger partial charge is 0.00484 e. The molecule has 0 saturated heterocycles. The first kappa shape index (κ1) is 9.92. The summed E-state index contributed by atoms with van der Waals surface area (Å²) in [7, 11) is 1.99. The van der Waals surface area contributed by atoms with Gasteiger partial charge in [0.05, 0.1) is 0 Å². The summed E-state index contributed by atoms with van der Waals surface area (Å²) in [6.45, 7) is 7.07. The number of hydrogen-bond acceptors (Lipinski definition) is 2. The van der Waals surface area contributed by atoms with Gasteiger partial charge < -0.3 is 10.6 Å². The average Bonchev–Trinajstić information content (AvgIpc) is 1.97. The van der Waals surface area contributed by atoms with Crippen LogP contribution in [0, 0.1) is 6.92 Å². The Morgan fingerprint density at radius 2 is 1.80 bits per heavy atom. The van der Waals surface area contributed by atoms with Gasteiger partial charge in [-0.1, -0.05) is 6.92 Å². The number of rotatable bonds is 7. The summed E-state index contributed by atoms with van der Waals surface area (Å²) in [5, 5.41) is 6.42. The number of nitrogens with one attached hydrogen (secondary N) is 2. The van der Waals surface area contributed by atoms with E-state index in [9.17, 15) is 0 Å². The van der Waals surface area contributed by atoms with Crippen LogP contribution in [0.3, 0.4) is 0 Å². The van der Waals surface area contributed by atoms with Crippen molar-refractivity contribution < 1.29 is 0 Å². The molecule has 0 bridgehead atoms. The highest BCUT2D eigenvalue weighted by Crippen LogP contribution is 1.83. The first-order valence-electron chi connectivity index (χ1n) is 4.06. The third-order valence-electron chi connectivity index (χ3n) is 1.38. The van der Waals surface area contributed by atoms with E-state index >= 15 is 0 Å². The average molecular weight is 143 g/mol. The zero-order chi connectivity index (χ0) is 7.66. The second-order valence-electron chi connectivity index (χ2n) is 2.41. The summed E-state index contributed by atoms with van der Waals surface area (Å²) in [4.78, 5) is 0. The third kappa shape index (κ3) is 7.92. The van der Waals surface area contributed by atoms with Crippen molar-refractivity contribution in [3.8, 4) is 0 Å². The number of hydrogen-bond donors (Lipinski definition) is 2. The molecule has 0 aliphatic heterocycles. The lowest BCUT2D eigenvalue weighted by molar-refractivity contribution is 0.608. The minimum absolute atomic E-state index is 0.992. The first-order valence-corrected chi connectivity index (χ1v) is 4.06. The standard InChI is InChI=1S/C8H19N2/c1-3-6-10-8-5-4-7-9-2/h9-10H,1,3-8H2,2H3. The molecule has 0 aliphatic carbocycles. The van der Waals surface area contributed by atoms with Crippen molar-refractivity contribution in [2.24, 2.45) is 0 Å². The molecule has 2 heteroatoms. The van der Waals surface area contributed by atoms with Crippen LogP contribution in [0.2, 0.25) is 0 Å². The van der Waals surface area contributed by atoms with E-state index in [1.807, 2.05) is 7.05 Å². The van der Waals surface area contributed by atoms with Crippen LogP contribution in [0.25, 0.3) is 0 Å². The molecular weight excluding hydrogens is 124 g/mol. The maximum Gasteiger partial charge on any atom is -0.00484 e. The summed E-state index contributed by atoms with van der Waals surface area (Å²) < 4.78 is 0. The molecule has 0 aromatic carbocycles. The van der Waals surface area contributed by atoms with Gasteiger partial charge in [0.1, 0.15) is 0 Å². The fourth-order valence-corrected chi connectivity index (χ4v) is 0.802. The van der Waals surface area contributed by atoms with E-state index in [2.05, 4.69) is 17.6 Å². The van der Waals surface area contributed by atoms with Crippen LogP contribution in [0.15, 0.2) is 0 Å². The van der Waals surface area contributed by atoms with Crippen molar-refractivity contribution in [2.75, 3.05) is 26.7 Å². The van der Waals surface area contributed by atoms with Crippen LogP contribution in [-0.2, 0) is 0 Å². The summed E-state index contributed by atoms with van der Waals surface area (Å²) in [6, 6.07) is 0. The van der Waals surface area contributed by atoms with Crippen molar-refractivity contribution in [1.82, 2.24) is 10.6 Å². The highest BCUT2D eigenvalue weighted by molar-refractivity contribution is 4.50. The maximum absolute atomic E-state index is 3.74. The van der Waals surface area contributed by atoms with Crippen molar-refractivity contribution in [3.05, 3.63) is 6.92 Å². The van der Waals surface area contributed by atoms with Gasteiger partial charge >= 0.3 is 0 Å². The molecule has 0 spiro atoms. The second kappa shape index (κ2) is 8.92. The zero-order valence-corrected chi connectivity index (χ0v) is 6.95. The molecule has 10 heavy (non-hydrogen) atoms. The maximum atomic E-state index is 3.74. The lowest BCUT2D eigenvalue weighted by atomic mass is 10.3. The lowest BCUT2D eigenvalue weighted by Crippen LogP contribution is -2.17. The predicted molar refractivity (Wildman–Crippen MR) is 46.0 cm³/mol. The van der Waals surface area contributed by atoms with Gasteiger partial charge in [0.25, 0.3) is 0 Å². The Balaban J connectivity index is 2.65. The molecule has 0 fully saturated rings. The molecule has 1 radical (unpaired) electrons. The van der Waals surface area contributed by atoms with Gasteiger partial charge in [-0.2, -0.15) is 0 Å². The summed E-state index contributed by atoms with van der Waals surface area (Å²) in [6.07, 6.45) is 3.52. The summed E-state index contributed by atoms with van der Waals surface area (Å²) in [5.74, 6) is 0. The van der Waals surface area contributed by atoms with Crippen LogP contribution in [-0.4, -0.2) is 26.7 Å². The molecule has 0 heterocycles. The summed E-state index contributed by atoms with van der Waals surface area (Å²) >= 11 is 0. The lowest BCUT2D eigenvalue weighted by Gasteiger charge is -2.01. The molecule has 0 aromatic heterocycles. The first-order chi connectivity index (χ1) is 4.91. The van der Waals surface area contributed by atoms with Gasteiger partial charge in [-0.05, 0) is 45.9 Å². The fraction of sp³-hybridized carbons (Fsp3) is 0.875. The highest BCUT2D eigenvalue weighted by Gasteiger charge is 1.85. The summed E-state index contributed by atoms with van der Waals surface area (Å²) in [5.41, 5.74) is 0. The van der Waals surface area contributed by atoms with E-state index in [-0.39, 0.29) is 0 Å². The van der Waals surface area contributed by atoms with Crippen molar-refractivity contribution in [3.63, 3.8) is 0 Å². The fourth-order valence-electron chi connectivity index (χ4n) is 0.802. The van der Waals surface area contributed by atoms with Gasteiger partial charge in [-0.15, -0.1) is 0 Å². The van der Waals surface area contributed by atoms with Gasteiger partial charge in [0.2, 0.25) is 0 Å². The SMILES string of the molecule is [CH2]CCNCCCCNC.